The van der Waals surface area contributed by atoms with Crippen LogP contribution in [0.3, 0.4) is 0 Å². The molecule has 8 heteroatoms. The zero-order chi connectivity index (χ0) is 13.1. The molecule has 0 amide bonds. The van der Waals surface area contributed by atoms with E-state index in [1.165, 1.54) is 17.2 Å². The third-order valence-corrected chi connectivity index (χ3v) is 2.64. The third kappa shape index (κ3) is 2.33. The molecule has 0 saturated heterocycles. The number of nitrogens with zero attached hydrogens (tertiary/aromatic N) is 4. The van der Waals surface area contributed by atoms with Crippen LogP contribution < -0.4 is 5.73 Å². The fourth-order valence-electron chi connectivity index (χ4n) is 1.33. The summed E-state index contributed by atoms with van der Waals surface area (Å²) in [5.41, 5.74) is 6.02. The predicted octanol–water partition coefficient (Wildman–Crippen LogP) is 1.18. The lowest BCUT2D eigenvalue weighted by Gasteiger charge is -2.01. The Balaban J connectivity index is 2.41. The highest BCUT2D eigenvalue weighted by Crippen LogP contribution is 2.19. The zero-order valence-corrected chi connectivity index (χ0v) is 11.1. The molecule has 0 radical (unpaired) electrons. The minimum Gasteiger partial charge on any atom is -0.461 e. The molecule has 2 N–H and O–H groups in total. The van der Waals surface area contributed by atoms with Crippen LogP contribution in [0.5, 0.6) is 0 Å². The summed E-state index contributed by atoms with van der Waals surface area (Å²) in [6, 6.07) is 0. The fourth-order valence-corrected chi connectivity index (χ4v) is 1.73. The first kappa shape index (κ1) is 12.5. The number of anilines is 1. The molecule has 2 rings (SSSR count). The van der Waals surface area contributed by atoms with Gasteiger partial charge >= 0.3 is 5.97 Å². The van der Waals surface area contributed by atoms with Gasteiger partial charge in [0.25, 0.3) is 0 Å². The van der Waals surface area contributed by atoms with Gasteiger partial charge in [-0.3, -0.25) is 0 Å². The lowest BCUT2D eigenvalue weighted by atomic mass is 10.4. The molecule has 0 aliphatic rings. The maximum atomic E-state index is 11.6. The van der Waals surface area contributed by atoms with Crippen LogP contribution in [0.4, 0.5) is 5.69 Å². The molecular formula is C10H10BrN5O2. The number of hydrogen-bond donors (Lipinski definition) is 1. The molecule has 0 saturated carbocycles. The first-order chi connectivity index (χ1) is 8.63. The molecule has 7 nitrogen and oxygen atoms in total. The van der Waals surface area contributed by atoms with E-state index in [1.807, 2.05) is 0 Å². The SMILES string of the molecule is CCOC(=O)c1nn(-c2ncncc2Br)cc1N. The van der Waals surface area contributed by atoms with Crippen molar-refractivity contribution >= 4 is 27.6 Å². The highest BCUT2D eigenvalue weighted by molar-refractivity contribution is 9.10. The van der Waals surface area contributed by atoms with Crippen molar-refractivity contribution in [1.29, 1.82) is 0 Å². The standard InChI is InChI=1S/C10H10BrN5O2/c1-2-18-10(17)8-7(12)4-16(15-8)9-6(11)3-13-5-14-9/h3-5H,2,12H2,1H3. The highest BCUT2D eigenvalue weighted by Gasteiger charge is 2.17. The molecule has 2 aromatic heterocycles. The van der Waals surface area contributed by atoms with Crippen molar-refractivity contribution in [1.82, 2.24) is 19.7 Å². The first-order valence-electron chi connectivity index (χ1n) is 5.11. The molecular weight excluding hydrogens is 302 g/mol. The Labute approximate surface area is 111 Å². The number of rotatable bonds is 3. The Morgan fingerprint density at radius 2 is 2.39 bits per heavy atom. The Bertz CT molecular complexity index is 583. The van der Waals surface area contributed by atoms with Gasteiger partial charge in [0, 0.05) is 6.20 Å². The van der Waals surface area contributed by atoms with Gasteiger partial charge in [-0.25, -0.2) is 19.4 Å². The third-order valence-electron chi connectivity index (χ3n) is 2.08. The van der Waals surface area contributed by atoms with Crippen molar-refractivity contribution in [3.05, 3.63) is 28.9 Å². The number of aromatic nitrogens is 4. The molecule has 18 heavy (non-hydrogen) atoms. The molecule has 0 aliphatic carbocycles. The van der Waals surface area contributed by atoms with E-state index < -0.39 is 5.97 Å². The summed E-state index contributed by atoms with van der Waals surface area (Å²) in [5.74, 6) is -0.0637. The largest absolute Gasteiger partial charge is 0.461 e. The molecule has 0 unspecified atom stereocenters. The molecule has 0 spiro atoms. The fraction of sp³-hybridized carbons (Fsp3) is 0.200. The lowest BCUT2D eigenvalue weighted by Crippen LogP contribution is -2.09. The van der Waals surface area contributed by atoms with Gasteiger partial charge in [-0.15, -0.1) is 0 Å². The minimum absolute atomic E-state index is 0.0716. The van der Waals surface area contributed by atoms with Crippen LogP contribution in [0, 0.1) is 0 Å². The van der Waals surface area contributed by atoms with Crippen molar-refractivity contribution in [3.8, 4) is 5.82 Å². The van der Waals surface area contributed by atoms with E-state index >= 15 is 0 Å². The molecule has 2 aromatic rings. The summed E-state index contributed by atoms with van der Waals surface area (Å²) in [6.45, 7) is 1.98. The summed E-state index contributed by atoms with van der Waals surface area (Å²) in [4.78, 5) is 19.5. The quantitative estimate of drug-likeness (QED) is 0.855. The Hall–Kier alpha value is -1.96. The van der Waals surface area contributed by atoms with Crippen LogP contribution in [0.15, 0.2) is 23.2 Å². The second kappa shape index (κ2) is 5.13. The van der Waals surface area contributed by atoms with Crippen molar-refractivity contribution in [2.24, 2.45) is 0 Å². The van der Waals surface area contributed by atoms with Gasteiger partial charge < -0.3 is 10.5 Å². The second-order valence-electron chi connectivity index (χ2n) is 3.29. The Kier molecular flexibility index (Phi) is 3.56. The average molecular weight is 312 g/mol. The van der Waals surface area contributed by atoms with Gasteiger partial charge in [0.2, 0.25) is 0 Å². The van der Waals surface area contributed by atoms with Crippen LogP contribution in [-0.4, -0.2) is 32.3 Å². The van der Waals surface area contributed by atoms with Gasteiger partial charge in [0.05, 0.1) is 23.0 Å². The molecule has 0 aliphatic heterocycles. The van der Waals surface area contributed by atoms with Crippen LogP contribution in [0.2, 0.25) is 0 Å². The normalized spacial score (nSPS) is 10.3. The molecule has 0 atom stereocenters. The number of ether oxygens (including phenoxy) is 1. The zero-order valence-electron chi connectivity index (χ0n) is 9.50. The molecule has 0 fully saturated rings. The predicted molar refractivity (Wildman–Crippen MR) is 67.2 cm³/mol. The Morgan fingerprint density at radius 3 is 3.06 bits per heavy atom. The van der Waals surface area contributed by atoms with E-state index in [0.717, 1.165) is 0 Å². The van der Waals surface area contributed by atoms with E-state index in [2.05, 4.69) is 31.0 Å². The van der Waals surface area contributed by atoms with Crippen molar-refractivity contribution < 1.29 is 9.53 Å². The average Bonchev–Trinajstić information content (AvgIpc) is 2.72. The van der Waals surface area contributed by atoms with E-state index in [9.17, 15) is 4.79 Å². The molecule has 0 aromatic carbocycles. The number of carbonyl (C=O) groups excluding carboxylic acids is 1. The molecule has 0 bridgehead atoms. The minimum atomic E-state index is -0.557. The number of nitrogen functional groups attached to an aromatic ring is 1. The van der Waals surface area contributed by atoms with Crippen molar-refractivity contribution in [2.75, 3.05) is 12.3 Å². The van der Waals surface area contributed by atoms with Crippen LogP contribution in [-0.2, 0) is 4.74 Å². The van der Waals surface area contributed by atoms with Gasteiger partial charge in [-0.05, 0) is 22.9 Å². The van der Waals surface area contributed by atoms with E-state index in [-0.39, 0.29) is 18.0 Å². The van der Waals surface area contributed by atoms with Gasteiger partial charge in [-0.2, -0.15) is 5.10 Å². The summed E-state index contributed by atoms with van der Waals surface area (Å²) in [6.07, 6.45) is 4.45. The molecule has 94 valence electrons. The van der Waals surface area contributed by atoms with E-state index in [1.54, 1.807) is 13.1 Å². The number of hydrogen-bond acceptors (Lipinski definition) is 6. The van der Waals surface area contributed by atoms with E-state index in [4.69, 9.17) is 10.5 Å². The summed E-state index contributed by atoms with van der Waals surface area (Å²) < 4.78 is 6.89. The number of carbonyl (C=O) groups is 1. The molecule has 2 heterocycles. The maximum Gasteiger partial charge on any atom is 0.361 e. The number of nitrogens with two attached hydrogens (primary N) is 1. The maximum absolute atomic E-state index is 11.6. The number of esters is 1. The van der Waals surface area contributed by atoms with Crippen LogP contribution in [0.1, 0.15) is 17.4 Å². The highest BCUT2D eigenvalue weighted by atomic mass is 79.9. The summed E-state index contributed by atoms with van der Waals surface area (Å²) in [5, 5.41) is 4.06. The van der Waals surface area contributed by atoms with E-state index in [0.29, 0.717) is 10.3 Å². The Morgan fingerprint density at radius 1 is 1.61 bits per heavy atom. The van der Waals surface area contributed by atoms with Gasteiger partial charge in [0.1, 0.15) is 6.33 Å². The smallest absolute Gasteiger partial charge is 0.361 e. The summed E-state index contributed by atoms with van der Waals surface area (Å²) in [7, 11) is 0. The summed E-state index contributed by atoms with van der Waals surface area (Å²) >= 11 is 3.29. The van der Waals surface area contributed by atoms with Crippen LogP contribution >= 0.6 is 15.9 Å². The monoisotopic (exact) mass is 311 g/mol. The first-order valence-corrected chi connectivity index (χ1v) is 5.91. The second-order valence-corrected chi connectivity index (χ2v) is 4.15. The van der Waals surface area contributed by atoms with Crippen molar-refractivity contribution in [2.45, 2.75) is 6.92 Å². The lowest BCUT2D eigenvalue weighted by molar-refractivity contribution is 0.0520. The van der Waals surface area contributed by atoms with Crippen LogP contribution in [0.25, 0.3) is 5.82 Å². The topological polar surface area (TPSA) is 95.9 Å². The van der Waals surface area contributed by atoms with Gasteiger partial charge in [-0.1, -0.05) is 0 Å². The number of halogens is 1. The van der Waals surface area contributed by atoms with Crippen molar-refractivity contribution in [3.63, 3.8) is 0 Å². The van der Waals surface area contributed by atoms with Gasteiger partial charge in [0.15, 0.2) is 11.5 Å².